The third-order valence-electron chi connectivity index (χ3n) is 2.42. The zero-order valence-electron chi connectivity index (χ0n) is 11.5. The smallest absolute Gasteiger partial charge is 0.0308 e. The summed E-state index contributed by atoms with van der Waals surface area (Å²) in [4.78, 5) is 1.30. The van der Waals surface area contributed by atoms with Gasteiger partial charge in [-0.25, -0.2) is 0 Å². The predicted molar refractivity (Wildman–Crippen MR) is 85.7 cm³/mol. The van der Waals surface area contributed by atoms with Gasteiger partial charge < -0.3 is 5.73 Å². The van der Waals surface area contributed by atoms with Gasteiger partial charge in [-0.1, -0.05) is 45.0 Å². The lowest BCUT2D eigenvalue weighted by atomic mass is 10.0. The monoisotopic (exact) mass is 285 g/mol. The largest absolute Gasteiger partial charge is 0.324 e. The van der Waals surface area contributed by atoms with Crippen molar-refractivity contribution in [2.24, 2.45) is 5.73 Å². The summed E-state index contributed by atoms with van der Waals surface area (Å²) in [5.41, 5.74) is 7.50. The van der Waals surface area contributed by atoms with Crippen LogP contribution < -0.4 is 5.73 Å². The molecule has 1 rings (SSSR count). The first-order chi connectivity index (χ1) is 7.94. The molecule has 0 spiro atoms. The molecule has 102 valence electrons. The Morgan fingerprint density at radius 1 is 1.33 bits per heavy atom. The minimum atomic E-state index is 0. The van der Waals surface area contributed by atoms with Crippen molar-refractivity contribution in [1.82, 2.24) is 0 Å². The number of halogens is 1. The standard InChI is InChI=1S/C15H23NS.ClH/c1-5-6-10-13(16)12-9-7-8-11-14(12)17-15(2,3)4;/h5,7-9,11,13H,1,6,10,16H2,2-4H3;1H/t13-;/m1./s1. The summed E-state index contributed by atoms with van der Waals surface area (Å²) in [5, 5.41) is 0. The minimum Gasteiger partial charge on any atom is -0.324 e. The van der Waals surface area contributed by atoms with Gasteiger partial charge in [-0.05, 0) is 24.5 Å². The van der Waals surface area contributed by atoms with Gasteiger partial charge in [-0.2, -0.15) is 0 Å². The van der Waals surface area contributed by atoms with Crippen LogP contribution in [0.3, 0.4) is 0 Å². The summed E-state index contributed by atoms with van der Waals surface area (Å²) < 4.78 is 0.217. The topological polar surface area (TPSA) is 26.0 Å². The molecule has 0 saturated heterocycles. The lowest BCUT2D eigenvalue weighted by Crippen LogP contribution is -2.13. The van der Waals surface area contributed by atoms with Crippen LogP contribution in [0.15, 0.2) is 41.8 Å². The van der Waals surface area contributed by atoms with Gasteiger partial charge in [0.1, 0.15) is 0 Å². The van der Waals surface area contributed by atoms with Crippen molar-refractivity contribution in [3.63, 3.8) is 0 Å². The van der Waals surface area contributed by atoms with E-state index in [1.54, 1.807) is 0 Å². The molecule has 0 heterocycles. The van der Waals surface area contributed by atoms with Crippen LogP contribution in [-0.2, 0) is 0 Å². The van der Waals surface area contributed by atoms with Crippen molar-refractivity contribution in [2.45, 2.75) is 49.3 Å². The fourth-order valence-corrected chi connectivity index (χ4v) is 2.81. The Labute approximate surface area is 122 Å². The van der Waals surface area contributed by atoms with Gasteiger partial charge in [-0.3, -0.25) is 0 Å². The average molecular weight is 286 g/mol. The summed E-state index contributed by atoms with van der Waals surface area (Å²) >= 11 is 1.88. The molecular formula is C15H24ClNS. The van der Waals surface area contributed by atoms with E-state index in [0.29, 0.717) is 0 Å². The number of nitrogens with two attached hydrogens (primary N) is 1. The van der Waals surface area contributed by atoms with E-state index in [0.717, 1.165) is 12.8 Å². The molecule has 0 amide bonds. The molecule has 1 nitrogen and oxygen atoms in total. The molecule has 0 aliphatic rings. The Bertz CT molecular complexity index is 371. The number of hydrogen-bond donors (Lipinski definition) is 1. The second-order valence-electron chi connectivity index (χ2n) is 5.22. The molecule has 0 bridgehead atoms. The Morgan fingerprint density at radius 2 is 1.94 bits per heavy atom. The average Bonchev–Trinajstić information content (AvgIpc) is 2.24. The Hall–Kier alpha value is -0.440. The summed E-state index contributed by atoms with van der Waals surface area (Å²) in [6.45, 7) is 10.4. The van der Waals surface area contributed by atoms with Crippen LogP contribution >= 0.6 is 24.2 Å². The van der Waals surface area contributed by atoms with Crippen molar-refractivity contribution in [2.75, 3.05) is 0 Å². The van der Waals surface area contributed by atoms with Crippen LogP contribution in [0.5, 0.6) is 0 Å². The number of rotatable bonds is 5. The maximum atomic E-state index is 6.24. The number of hydrogen-bond acceptors (Lipinski definition) is 2. The van der Waals surface area contributed by atoms with Crippen molar-refractivity contribution >= 4 is 24.2 Å². The van der Waals surface area contributed by atoms with E-state index in [1.165, 1.54) is 10.5 Å². The molecule has 0 aromatic heterocycles. The van der Waals surface area contributed by atoms with Crippen LogP contribution in [0.4, 0.5) is 0 Å². The van der Waals surface area contributed by atoms with E-state index in [1.807, 2.05) is 17.8 Å². The van der Waals surface area contributed by atoms with Gasteiger partial charge in [-0.15, -0.1) is 30.7 Å². The van der Waals surface area contributed by atoms with Gasteiger partial charge in [0.25, 0.3) is 0 Å². The quantitative estimate of drug-likeness (QED) is 0.611. The molecule has 0 aliphatic carbocycles. The normalized spacial score (nSPS) is 12.7. The molecular weight excluding hydrogens is 262 g/mol. The summed E-state index contributed by atoms with van der Waals surface area (Å²) in [7, 11) is 0. The summed E-state index contributed by atoms with van der Waals surface area (Å²) in [5.74, 6) is 0. The van der Waals surface area contributed by atoms with E-state index in [-0.39, 0.29) is 23.2 Å². The minimum absolute atomic E-state index is 0. The van der Waals surface area contributed by atoms with E-state index in [2.05, 4.69) is 51.6 Å². The molecule has 3 heteroatoms. The highest BCUT2D eigenvalue weighted by molar-refractivity contribution is 8.00. The lowest BCUT2D eigenvalue weighted by molar-refractivity contribution is 0.649. The molecule has 0 fully saturated rings. The van der Waals surface area contributed by atoms with Gasteiger partial charge in [0.15, 0.2) is 0 Å². The van der Waals surface area contributed by atoms with Crippen molar-refractivity contribution in [3.8, 4) is 0 Å². The number of allylic oxidation sites excluding steroid dienone is 1. The SMILES string of the molecule is C=CCC[C@@H](N)c1ccccc1SC(C)(C)C.Cl. The van der Waals surface area contributed by atoms with Crippen LogP contribution in [0.25, 0.3) is 0 Å². The van der Waals surface area contributed by atoms with Crippen molar-refractivity contribution < 1.29 is 0 Å². The lowest BCUT2D eigenvalue weighted by Gasteiger charge is -2.22. The fourth-order valence-electron chi connectivity index (χ4n) is 1.66. The predicted octanol–water partition coefficient (Wildman–Crippen LogP) is 4.97. The third kappa shape index (κ3) is 5.94. The van der Waals surface area contributed by atoms with Gasteiger partial charge >= 0.3 is 0 Å². The highest BCUT2D eigenvalue weighted by atomic mass is 35.5. The zero-order valence-corrected chi connectivity index (χ0v) is 13.1. The molecule has 0 aliphatic heterocycles. The van der Waals surface area contributed by atoms with Crippen LogP contribution in [0.2, 0.25) is 0 Å². The summed E-state index contributed by atoms with van der Waals surface area (Å²) in [6.07, 6.45) is 3.86. The molecule has 1 aromatic carbocycles. The third-order valence-corrected chi connectivity index (χ3v) is 3.62. The van der Waals surface area contributed by atoms with Crippen LogP contribution in [0, 0.1) is 0 Å². The molecule has 0 saturated carbocycles. The van der Waals surface area contributed by atoms with E-state index in [4.69, 9.17) is 5.73 Å². The Morgan fingerprint density at radius 3 is 2.50 bits per heavy atom. The molecule has 2 N–H and O–H groups in total. The highest BCUT2D eigenvalue weighted by Gasteiger charge is 2.17. The van der Waals surface area contributed by atoms with Crippen molar-refractivity contribution in [3.05, 3.63) is 42.5 Å². The molecule has 0 radical (unpaired) electrons. The highest BCUT2D eigenvalue weighted by Crippen LogP contribution is 2.36. The fraction of sp³-hybridized carbons (Fsp3) is 0.467. The zero-order chi connectivity index (χ0) is 12.9. The second-order valence-corrected chi connectivity index (χ2v) is 7.09. The summed E-state index contributed by atoms with van der Waals surface area (Å²) in [6, 6.07) is 8.56. The van der Waals surface area contributed by atoms with Crippen molar-refractivity contribution in [1.29, 1.82) is 0 Å². The van der Waals surface area contributed by atoms with Gasteiger partial charge in [0.05, 0.1) is 0 Å². The van der Waals surface area contributed by atoms with Gasteiger partial charge in [0, 0.05) is 15.7 Å². The van der Waals surface area contributed by atoms with Crippen LogP contribution in [0.1, 0.15) is 45.2 Å². The maximum absolute atomic E-state index is 6.24. The first-order valence-corrected chi connectivity index (χ1v) is 6.90. The second kappa shape index (κ2) is 7.88. The van der Waals surface area contributed by atoms with E-state index in [9.17, 15) is 0 Å². The first kappa shape index (κ1) is 17.6. The Kier molecular flexibility index (Phi) is 7.69. The number of benzene rings is 1. The Balaban J connectivity index is 0.00000289. The number of thioether (sulfide) groups is 1. The molecule has 1 atom stereocenters. The molecule has 0 unspecified atom stereocenters. The van der Waals surface area contributed by atoms with Gasteiger partial charge in [0.2, 0.25) is 0 Å². The van der Waals surface area contributed by atoms with E-state index < -0.39 is 0 Å². The first-order valence-electron chi connectivity index (χ1n) is 6.08. The maximum Gasteiger partial charge on any atom is 0.0308 e. The molecule has 18 heavy (non-hydrogen) atoms. The van der Waals surface area contributed by atoms with E-state index >= 15 is 0 Å². The molecule has 1 aromatic rings. The van der Waals surface area contributed by atoms with Crippen LogP contribution in [-0.4, -0.2) is 4.75 Å².